The third-order valence-corrected chi connectivity index (χ3v) is 3.52. The molecule has 2 rings (SSSR count). The van der Waals surface area contributed by atoms with Crippen molar-refractivity contribution in [3.05, 3.63) is 60.2 Å². The standard InChI is InChI=1S/C20H22N2O4/c1-15(23)21-17-8-5-9-18(14-17)22-19(24)10-11-20(25)26-13-12-16-6-3-2-4-7-16/h2-9,14H,10-13H2,1H3,(H,21,23)(H,22,24). The SMILES string of the molecule is CC(=O)Nc1cccc(NC(=O)CCC(=O)OCCc2ccccc2)c1. The van der Waals surface area contributed by atoms with Crippen LogP contribution >= 0.6 is 0 Å². The second kappa shape index (κ2) is 9.98. The summed E-state index contributed by atoms with van der Waals surface area (Å²) in [5.41, 5.74) is 2.24. The third kappa shape index (κ3) is 7.17. The lowest BCUT2D eigenvalue weighted by atomic mass is 10.2. The molecule has 2 aromatic carbocycles. The molecule has 0 aliphatic heterocycles. The number of hydrogen-bond donors (Lipinski definition) is 2. The molecule has 2 amide bonds. The summed E-state index contributed by atoms with van der Waals surface area (Å²) < 4.78 is 5.14. The van der Waals surface area contributed by atoms with Gasteiger partial charge in [-0.2, -0.15) is 0 Å². The number of benzene rings is 2. The van der Waals surface area contributed by atoms with Gasteiger partial charge in [0.15, 0.2) is 0 Å². The first kappa shape index (κ1) is 19.2. The molecule has 0 saturated heterocycles. The Balaban J connectivity index is 1.69. The molecule has 0 aliphatic carbocycles. The predicted molar refractivity (Wildman–Crippen MR) is 99.7 cm³/mol. The highest BCUT2D eigenvalue weighted by Crippen LogP contribution is 2.15. The number of nitrogens with one attached hydrogen (secondary N) is 2. The van der Waals surface area contributed by atoms with Crippen molar-refractivity contribution in [2.75, 3.05) is 17.2 Å². The van der Waals surface area contributed by atoms with Gasteiger partial charge in [-0.25, -0.2) is 0 Å². The molecule has 0 aliphatic rings. The highest BCUT2D eigenvalue weighted by atomic mass is 16.5. The van der Waals surface area contributed by atoms with Crippen LogP contribution in [0, 0.1) is 0 Å². The number of carbonyl (C=O) groups is 3. The van der Waals surface area contributed by atoms with Gasteiger partial charge in [0.2, 0.25) is 11.8 Å². The quantitative estimate of drug-likeness (QED) is 0.713. The van der Waals surface area contributed by atoms with E-state index < -0.39 is 5.97 Å². The van der Waals surface area contributed by atoms with Crippen molar-refractivity contribution in [3.8, 4) is 0 Å². The van der Waals surface area contributed by atoms with Crippen LogP contribution in [0.3, 0.4) is 0 Å². The minimum atomic E-state index is -0.400. The fraction of sp³-hybridized carbons (Fsp3) is 0.250. The van der Waals surface area contributed by atoms with Crippen LogP contribution in [0.5, 0.6) is 0 Å². The zero-order valence-electron chi connectivity index (χ0n) is 14.7. The molecule has 0 aromatic heterocycles. The zero-order valence-corrected chi connectivity index (χ0v) is 14.7. The van der Waals surface area contributed by atoms with Crippen LogP contribution in [-0.4, -0.2) is 24.4 Å². The Labute approximate surface area is 152 Å². The lowest BCUT2D eigenvalue weighted by Gasteiger charge is -2.08. The molecule has 0 spiro atoms. The summed E-state index contributed by atoms with van der Waals surface area (Å²) in [5, 5.41) is 5.34. The number of esters is 1. The van der Waals surface area contributed by atoms with Crippen molar-refractivity contribution in [2.45, 2.75) is 26.2 Å². The lowest BCUT2D eigenvalue weighted by Crippen LogP contribution is -2.15. The fourth-order valence-electron chi connectivity index (χ4n) is 2.32. The second-order valence-electron chi connectivity index (χ2n) is 5.77. The van der Waals surface area contributed by atoms with Crippen molar-refractivity contribution in [1.82, 2.24) is 0 Å². The molecule has 0 unspecified atom stereocenters. The summed E-state index contributed by atoms with van der Waals surface area (Å²) in [6, 6.07) is 16.5. The first-order valence-electron chi connectivity index (χ1n) is 8.40. The van der Waals surface area contributed by atoms with Crippen LogP contribution in [0.4, 0.5) is 11.4 Å². The molecule has 2 N–H and O–H groups in total. The maximum atomic E-state index is 11.9. The molecule has 6 nitrogen and oxygen atoms in total. The number of amides is 2. The number of anilines is 2. The van der Waals surface area contributed by atoms with Gasteiger partial charge < -0.3 is 15.4 Å². The molecule has 2 aromatic rings. The van der Waals surface area contributed by atoms with Crippen molar-refractivity contribution in [1.29, 1.82) is 0 Å². The highest BCUT2D eigenvalue weighted by Gasteiger charge is 2.09. The van der Waals surface area contributed by atoms with E-state index >= 15 is 0 Å². The van der Waals surface area contributed by atoms with E-state index in [-0.39, 0.29) is 24.7 Å². The molecule has 0 fully saturated rings. The van der Waals surface area contributed by atoms with E-state index in [0.29, 0.717) is 24.4 Å². The molecule has 0 atom stereocenters. The highest BCUT2D eigenvalue weighted by molar-refractivity contribution is 5.94. The first-order chi connectivity index (χ1) is 12.5. The van der Waals surface area contributed by atoms with Gasteiger partial charge in [0.25, 0.3) is 0 Å². The average molecular weight is 354 g/mol. The van der Waals surface area contributed by atoms with Crippen LogP contribution in [0.15, 0.2) is 54.6 Å². The monoisotopic (exact) mass is 354 g/mol. The zero-order chi connectivity index (χ0) is 18.8. The predicted octanol–water partition coefficient (Wildman–Crippen LogP) is 3.15. The third-order valence-electron chi connectivity index (χ3n) is 3.52. The number of rotatable bonds is 8. The summed E-state index contributed by atoms with van der Waals surface area (Å²) >= 11 is 0. The molecule has 0 radical (unpaired) electrons. The smallest absolute Gasteiger partial charge is 0.306 e. The van der Waals surface area contributed by atoms with E-state index in [0.717, 1.165) is 5.56 Å². The Morgan fingerprint density at radius 3 is 2.27 bits per heavy atom. The van der Waals surface area contributed by atoms with Gasteiger partial charge in [0.05, 0.1) is 13.0 Å². The van der Waals surface area contributed by atoms with Crippen molar-refractivity contribution in [3.63, 3.8) is 0 Å². The Morgan fingerprint density at radius 2 is 1.58 bits per heavy atom. The van der Waals surface area contributed by atoms with E-state index in [9.17, 15) is 14.4 Å². The maximum Gasteiger partial charge on any atom is 0.306 e. The summed E-state index contributed by atoms with van der Waals surface area (Å²) in [5.74, 6) is -0.875. The molecular weight excluding hydrogens is 332 g/mol. The summed E-state index contributed by atoms with van der Waals surface area (Å²) in [6.07, 6.45) is 0.704. The number of carbonyl (C=O) groups excluding carboxylic acids is 3. The van der Waals surface area contributed by atoms with Crippen LogP contribution in [-0.2, 0) is 25.5 Å². The van der Waals surface area contributed by atoms with Crippen molar-refractivity contribution >= 4 is 29.2 Å². The van der Waals surface area contributed by atoms with E-state index in [1.54, 1.807) is 24.3 Å². The maximum absolute atomic E-state index is 11.9. The van der Waals surface area contributed by atoms with E-state index in [4.69, 9.17) is 4.74 Å². The van der Waals surface area contributed by atoms with Gasteiger partial charge in [-0.3, -0.25) is 14.4 Å². The molecule has 0 bridgehead atoms. The molecule has 26 heavy (non-hydrogen) atoms. The van der Waals surface area contributed by atoms with Gasteiger partial charge in [-0.05, 0) is 23.8 Å². The summed E-state index contributed by atoms with van der Waals surface area (Å²) in [7, 11) is 0. The van der Waals surface area contributed by atoms with Crippen molar-refractivity contribution < 1.29 is 19.1 Å². The molecule has 0 saturated carbocycles. The van der Waals surface area contributed by atoms with Crippen LogP contribution in [0.25, 0.3) is 0 Å². The topological polar surface area (TPSA) is 84.5 Å². The average Bonchev–Trinajstić information content (AvgIpc) is 2.61. The largest absolute Gasteiger partial charge is 0.465 e. The Bertz CT molecular complexity index is 759. The first-order valence-corrected chi connectivity index (χ1v) is 8.40. The van der Waals surface area contributed by atoms with Gasteiger partial charge in [0.1, 0.15) is 0 Å². The summed E-state index contributed by atoms with van der Waals surface area (Å²) in [4.78, 5) is 34.7. The Morgan fingerprint density at radius 1 is 0.885 bits per heavy atom. The normalized spacial score (nSPS) is 10.0. The number of hydrogen-bond acceptors (Lipinski definition) is 4. The van der Waals surface area contributed by atoms with Gasteiger partial charge in [0, 0.05) is 31.1 Å². The van der Waals surface area contributed by atoms with Gasteiger partial charge >= 0.3 is 5.97 Å². The molecule has 6 heteroatoms. The van der Waals surface area contributed by atoms with Gasteiger partial charge in [-0.15, -0.1) is 0 Å². The fourth-order valence-corrected chi connectivity index (χ4v) is 2.32. The van der Waals surface area contributed by atoms with E-state index in [1.807, 2.05) is 30.3 Å². The van der Waals surface area contributed by atoms with Crippen molar-refractivity contribution in [2.24, 2.45) is 0 Å². The molecular formula is C20H22N2O4. The van der Waals surface area contributed by atoms with Crippen LogP contribution in [0.2, 0.25) is 0 Å². The molecule has 136 valence electrons. The Kier molecular flexibility index (Phi) is 7.36. The lowest BCUT2D eigenvalue weighted by molar-refractivity contribution is -0.144. The minimum absolute atomic E-state index is 0.0199. The van der Waals surface area contributed by atoms with Crippen LogP contribution < -0.4 is 10.6 Å². The van der Waals surface area contributed by atoms with E-state index in [2.05, 4.69) is 10.6 Å². The van der Waals surface area contributed by atoms with Crippen LogP contribution in [0.1, 0.15) is 25.3 Å². The molecule has 0 heterocycles. The Hall–Kier alpha value is -3.15. The minimum Gasteiger partial charge on any atom is -0.465 e. The summed E-state index contributed by atoms with van der Waals surface area (Å²) in [6.45, 7) is 1.71. The number of ether oxygens (including phenoxy) is 1. The van der Waals surface area contributed by atoms with E-state index in [1.165, 1.54) is 6.92 Å². The van der Waals surface area contributed by atoms with Gasteiger partial charge in [-0.1, -0.05) is 36.4 Å². The second-order valence-corrected chi connectivity index (χ2v) is 5.77.